The number of rotatable bonds is 0. The minimum atomic E-state index is -1.49. The summed E-state index contributed by atoms with van der Waals surface area (Å²) in [6, 6.07) is 1.44. The maximum atomic E-state index is 13.1. The molecule has 0 amide bonds. The fraction of sp³-hybridized carbons (Fsp3) is 0. The Labute approximate surface area is 79.5 Å². The smallest absolute Gasteiger partial charge is 0.271 e. The summed E-state index contributed by atoms with van der Waals surface area (Å²) < 4.78 is 38.9. The van der Waals surface area contributed by atoms with Gasteiger partial charge in [-0.2, -0.15) is 0 Å². The number of hydrogen-bond donors (Lipinski definition) is 1. The van der Waals surface area contributed by atoms with Crippen LogP contribution in [0.25, 0.3) is 10.9 Å². The molecule has 0 aliphatic rings. The van der Waals surface area contributed by atoms with E-state index in [-0.39, 0.29) is 0 Å². The van der Waals surface area contributed by atoms with Gasteiger partial charge in [0.25, 0.3) is 5.56 Å². The van der Waals surface area contributed by atoms with E-state index < -0.39 is 38.6 Å². The summed E-state index contributed by atoms with van der Waals surface area (Å²) >= 11 is 0. The highest BCUT2D eigenvalue weighted by Crippen LogP contribution is 2.15. The van der Waals surface area contributed by atoms with Crippen LogP contribution in [0, 0.1) is 11.6 Å². The van der Waals surface area contributed by atoms with E-state index >= 15 is 0 Å². The molecule has 0 atom stereocenters. The van der Waals surface area contributed by atoms with Crippen LogP contribution in [-0.2, 0) is 0 Å². The van der Waals surface area contributed by atoms with Crippen molar-refractivity contribution in [3.63, 3.8) is 0 Å². The van der Waals surface area contributed by atoms with E-state index in [2.05, 4.69) is 0 Å². The maximum Gasteiger partial charge on any atom is 0.357 e. The molecule has 0 aliphatic heterocycles. The Hall–Kier alpha value is -2.05. The van der Waals surface area contributed by atoms with Crippen LogP contribution in [0.15, 0.2) is 21.7 Å². The van der Waals surface area contributed by atoms with Gasteiger partial charge >= 0.3 is 5.69 Å². The lowest BCUT2D eigenvalue weighted by Crippen LogP contribution is -2.27. The van der Waals surface area contributed by atoms with Gasteiger partial charge in [0.15, 0.2) is 11.6 Å². The van der Waals surface area contributed by atoms with Crippen LogP contribution in [0.2, 0.25) is 0 Å². The van der Waals surface area contributed by atoms with E-state index in [1.165, 1.54) is 4.98 Å². The molecular weight excluding hydrogens is 213 g/mol. The number of hydrogen-bond acceptors (Lipinski definition) is 2. The van der Waals surface area contributed by atoms with Crippen LogP contribution < -0.4 is 11.2 Å². The van der Waals surface area contributed by atoms with E-state index in [1.54, 1.807) is 0 Å². The Morgan fingerprint density at radius 1 is 1.20 bits per heavy atom. The molecule has 0 radical (unpaired) electrons. The van der Waals surface area contributed by atoms with Crippen LogP contribution in [-0.4, -0.2) is 9.77 Å². The molecule has 1 N–H and O–H groups in total. The molecule has 0 aliphatic carbocycles. The summed E-state index contributed by atoms with van der Waals surface area (Å²) in [6.07, 6.45) is 0. The number of benzene rings is 1. The summed E-state index contributed by atoms with van der Waals surface area (Å²) in [5.41, 5.74) is -3.11. The lowest BCUT2D eigenvalue weighted by atomic mass is 10.2. The largest absolute Gasteiger partial charge is 0.357 e. The van der Waals surface area contributed by atoms with Crippen molar-refractivity contribution in [1.82, 2.24) is 9.77 Å². The van der Waals surface area contributed by atoms with Gasteiger partial charge in [-0.15, -0.1) is 4.79 Å². The second-order valence-corrected chi connectivity index (χ2v) is 2.80. The van der Waals surface area contributed by atoms with Crippen molar-refractivity contribution in [3.8, 4) is 0 Å². The first-order chi connectivity index (χ1) is 7.02. The van der Waals surface area contributed by atoms with Gasteiger partial charge in [-0.1, -0.05) is 4.48 Å². The zero-order valence-corrected chi connectivity index (χ0v) is 7.05. The third-order valence-corrected chi connectivity index (χ3v) is 1.91. The van der Waals surface area contributed by atoms with Gasteiger partial charge in [0.05, 0.1) is 5.52 Å². The van der Waals surface area contributed by atoms with Crippen molar-refractivity contribution in [2.45, 2.75) is 0 Å². The van der Waals surface area contributed by atoms with Gasteiger partial charge in [-0.25, -0.2) is 13.6 Å². The quantitative estimate of drug-likeness (QED) is 0.704. The van der Waals surface area contributed by atoms with E-state index in [0.717, 1.165) is 6.07 Å². The van der Waals surface area contributed by atoms with Crippen molar-refractivity contribution in [2.24, 2.45) is 0 Å². The molecule has 7 heteroatoms. The molecule has 4 nitrogen and oxygen atoms in total. The number of halogens is 3. The van der Waals surface area contributed by atoms with E-state index in [0.29, 0.717) is 6.07 Å². The first kappa shape index (κ1) is 9.50. The summed E-state index contributed by atoms with van der Waals surface area (Å²) in [5, 5.41) is -0.822. The molecular formula is C8H3F3N2O2. The normalized spacial score (nSPS) is 10.9. The van der Waals surface area contributed by atoms with E-state index in [9.17, 15) is 22.9 Å². The second kappa shape index (κ2) is 2.97. The van der Waals surface area contributed by atoms with Gasteiger partial charge in [0, 0.05) is 0 Å². The fourth-order valence-electron chi connectivity index (χ4n) is 1.24. The number of nitrogens with one attached hydrogen (secondary N) is 1. The summed E-state index contributed by atoms with van der Waals surface area (Å²) in [5.74, 6) is -2.77. The SMILES string of the molecule is O=c1[nH]c(=O)n(F)c2ccc(F)c(F)c12. The summed E-state index contributed by atoms with van der Waals surface area (Å²) in [6.45, 7) is 0. The lowest BCUT2D eigenvalue weighted by molar-refractivity contribution is 0.361. The monoisotopic (exact) mass is 216 g/mol. The molecule has 1 aromatic carbocycles. The average Bonchev–Trinajstić information content (AvgIpc) is 2.18. The molecule has 2 rings (SSSR count). The Kier molecular flexibility index (Phi) is 1.88. The van der Waals surface area contributed by atoms with Crippen LogP contribution >= 0.6 is 0 Å². The molecule has 1 heterocycles. The number of fused-ring (bicyclic) bond motifs is 1. The first-order valence-electron chi connectivity index (χ1n) is 3.81. The molecule has 0 saturated carbocycles. The van der Waals surface area contributed by atoms with Crippen molar-refractivity contribution < 1.29 is 13.3 Å². The summed E-state index contributed by atoms with van der Waals surface area (Å²) in [7, 11) is 0. The number of nitrogens with zero attached hydrogens (tertiary/aromatic N) is 1. The number of H-pyrrole nitrogens is 1. The van der Waals surface area contributed by atoms with Gasteiger partial charge in [-0.05, 0) is 12.1 Å². The molecule has 1 aromatic heterocycles. The minimum Gasteiger partial charge on any atom is -0.271 e. The summed E-state index contributed by atoms with van der Waals surface area (Å²) in [4.78, 5) is 22.9. The Bertz CT molecular complexity index is 659. The average molecular weight is 216 g/mol. The van der Waals surface area contributed by atoms with Crippen LogP contribution in [0.4, 0.5) is 13.3 Å². The highest BCUT2D eigenvalue weighted by Gasteiger charge is 2.14. The highest BCUT2D eigenvalue weighted by atomic mass is 19.2. The predicted octanol–water partition coefficient (Wildman–Crippen LogP) is 0.701. The predicted molar refractivity (Wildman–Crippen MR) is 45.3 cm³/mol. The van der Waals surface area contributed by atoms with Gasteiger partial charge in [0.2, 0.25) is 0 Å². The number of aromatic nitrogens is 2. The molecule has 0 bridgehead atoms. The second-order valence-electron chi connectivity index (χ2n) is 2.80. The fourth-order valence-corrected chi connectivity index (χ4v) is 1.24. The Balaban J connectivity index is 3.17. The van der Waals surface area contributed by atoms with Crippen molar-refractivity contribution in [2.75, 3.05) is 0 Å². The van der Waals surface area contributed by atoms with Crippen molar-refractivity contribution in [1.29, 1.82) is 0 Å². The Morgan fingerprint density at radius 3 is 2.53 bits per heavy atom. The van der Waals surface area contributed by atoms with E-state index in [1.807, 2.05) is 0 Å². The van der Waals surface area contributed by atoms with Crippen molar-refractivity contribution in [3.05, 3.63) is 44.6 Å². The number of aromatic amines is 1. The zero-order chi connectivity index (χ0) is 11.2. The molecule has 15 heavy (non-hydrogen) atoms. The zero-order valence-electron chi connectivity index (χ0n) is 7.05. The Morgan fingerprint density at radius 2 is 1.87 bits per heavy atom. The lowest BCUT2D eigenvalue weighted by Gasteiger charge is -2.00. The third-order valence-electron chi connectivity index (χ3n) is 1.91. The molecule has 2 aromatic rings. The van der Waals surface area contributed by atoms with Gasteiger partial charge in [0.1, 0.15) is 5.39 Å². The van der Waals surface area contributed by atoms with Gasteiger partial charge < -0.3 is 0 Å². The van der Waals surface area contributed by atoms with Gasteiger partial charge in [-0.3, -0.25) is 9.78 Å². The van der Waals surface area contributed by atoms with Crippen LogP contribution in [0.1, 0.15) is 0 Å². The molecule has 0 unspecified atom stereocenters. The molecule has 0 spiro atoms. The maximum absolute atomic E-state index is 13.1. The first-order valence-corrected chi connectivity index (χ1v) is 3.81. The highest BCUT2D eigenvalue weighted by molar-refractivity contribution is 5.78. The third kappa shape index (κ3) is 1.24. The molecule has 0 saturated heterocycles. The van der Waals surface area contributed by atoms with E-state index in [4.69, 9.17) is 0 Å². The standard InChI is InChI=1S/C8H3F3N2O2/c9-3-1-2-4-5(6(3)10)7(14)12-8(15)13(4)11/h1-2H,(H,12,14,15). The topological polar surface area (TPSA) is 54.9 Å². The molecule has 0 fully saturated rings. The van der Waals surface area contributed by atoms with Crippen molar-refractivity contribution >= 4 is 10.9 Å². The van der Waals surface area contributed by atoms with Crippen LogP contribution in [0.5, 0.6) is 0 Å². The van der Waals surface area contributed by atoms with Crippen LogP contribution in [0.3, 0.4) is 0 Å². The molecule has 78 valence electrons. The minimum absolute atomic E-state index is 0.459.